The standard InChI is InChI=1S/C16H24N4OS/c1-18-8-10-20(11-9-18)15(21)13-19(2)16(22)17-12-14-6-4-3-5-7-14/h3-7H,8-13H2,1-2H3,(H,17,22). The van der Waals surface area contributed by atoms with E-state index in [-0.39, 0.29) is 5.91 Å². The summed E-state index contributed by atoms with van der Waals surface area (Å²) in [6.07, 6.45) is 0. The summed E-state index contributed by atoms with van der Waals surface area (Å²) in [5, 5.41) is 3.80. The summed E-state index contributed by atoms with van der Waals surface area (Å²) < 4.78 is 0. The Morgan fingerprint density at radius 3 is 2.50 bits per heavy atom. The second-order valence-corrected chi connectivity index (χ2v) is 6.07. The Hall–Kier alpha value is -1.66. The number of nitrogens with zero attached hydrogens (tertiary/aromatic N) is 3. The van der Waals surface area contributed by atoms with E-state index in [4.69, 9.17) is 12.2 Å². The van der Waals surface area contributed by atoms with Crippen molar-refractivity contribution in [2.24, 2.45) is 0 Å². The lowest BCUT2D eigenvalue weighted by Gasteiger charge is -2.33. The van der Waals surface area contributed by atoms with Crippen LogP contribution in [0.25, 0.3) is 0 Å². The molecule has 2 rings (SSSR count). The van der Waals surface area contributed by atoms with Gasteiger partial charge in [-0.3, -0.25) is 4.79 Å². The van der Waals surface area contributed by atoms with E-state index in [1.807, 2.05) is 42.3 Å². The molecule has 6 heteroatoms. The molecule has 1 aliphatic rings. The summed E-state index contributed by atoms with van der Waals surface area (Å²) >= 11 is 5.35. The summed E-state index contributed by atoms with van der Waals surface area (Å²) in [5.41, 5.74) is 1.17. The van der Waals surface area contributed by atoms with E-state index in [1.54, 1.807) is 4.90 Å². The van der Waals surface area contributed by atoms with Gasteiger partial charge in [-0.1, -0.05) is 30.3 Å². The monoisotopic (exact) mass is 320 g/mol. The topological polar surface area (TPSA) is 38.8 Å². The summed E-state index contributed by atoms with van der Waals surface area (Å²) in [5.74, 6) is 0.138. The van der Waals surface area contributed by atoms with E-state index >= 15 is 0 Å². The quantitative estimate of drug-likeness (QED) is 0.830. The molecule has 1 aromatic carbocycles. The molecule has 1 heterocycles. The minimum atomic E-state index is 0.138. The summed E-state index contributed by atoms with van der Waals surface area (Å²) in [4.78, 5) is 18.2. The van der Waals surface area contributed by atoms with E-state index < -0.39 is 0 Å². The van der Waals surface area contributed by atoms with Gasteiger partial charge in [-0.15, -0.1) is 0 Å². The van der Waals surface area contributed by atoms with Gasteiger partial charge in [0.25, 0.3) is 0 Å². The average Bonchev–Trinajstić information content (AvgIpc) is 2.54. The molecule has 1 aromatic rings. The molecule has 0 bridgehead atoms. The van der Waals surface area contributed by atoms with Crippen molar-refractivity contribution >= 4 is 23.2 Å². The molecule has 1 aliphatic heterocycles. The first-order valence-corrected chi connectivity index (χ1v) is 7.96. The molecule has 0 unspecified atom stereocenters. The molecule has 0 spiro atoms. The first kappa shape index (κ1) is 16.7. The molecule has 0 saturated carbocycles. The van der Waals surface area contributed by atoms with Crippen LogP contribution in [0.1, 0.15) is 5.56 Å². The predicted molar refractivity (Wildman–Crippen MR) is 92.6 cm³/mol. The highest BCUT2D eigenvalue weighted by Gasteiger charge is 2.20. The van der Waals surface area contributed by atoms with E-state index in [1.165, 1.54) is 5.56 Å². The van der Waals surface area contributed by atoms with Crippen LogP contribution in [-0.4, -0.2) is 72.5 Å². The molecule has 1 saturated heterocycles. The van der Waals surface area contributed by atoms with Crippen LogP contribution in [0, 0.1) is 0 Å². The van der Waals surface area contributed by atoms with E-state index in [9.17, 15) is 4.79 Å². The van der Waals surface area contributed by atoms with Crippen LogP contribution < -0.4 is 5.32 Å². The fraction of sp³-hybridized carbons (Fsp3) is 0.500. The molecular formula is C16H24N4OS. The maximum absolute atomic E-state index is 12.3. The Labute approximate surface area is 137 Å². The molecule has 0 atom stereocenters. The summed E-state index contributed by atoms with van der Waals surface area (Å²) in [6.45, 7) is 4.47. The number of carbonyl (C=O) groups excluding carboxylic acids is 1. The van der Waals surface area contributed by atoms with Crippen LogP contribution in [0.5, 0.6) is 0 Å². The Kier molecular flexibility index (Phi) is 6.15. The molecule has 0 aliphatic carbocycles. The van der Waals surface area contributed by atoms with Crippen LogP contribution in [0.3, 0.4) is 0 Å². The third kappa shape index (κ3) is 4.96. The highest BCUT2D eigenvalue weighted by Crippen LogP contribution is 2.02. The first-order valence-electron chi connectivity index (χ1n) is 7.55. The van der Waals surface area contributed by atoms with E-state index in [0.717, 1.165) is 26.2 Å². The van der Waals surface area contributed by atoms with Crippen LogP contribution in [0.4, 0.5) is 0 Å². The minimum absolute atomic E-state index is 0.138. The normalized spacial score (nSPS) is 15.5. The molecule has 1 N–H and O–H groups in total. The van der Waals surface area contributed by atoms with Gasteiger partial charge in [-0.2, -0.15) is 0 Å². The number of thiocarbonyl (C=S) groups is 1. The Morgan fingerprint density at radius 1 is 1.23 bits per heavy atom. The predicted octanol–water partition coefficient (Wildman–Crippen LogP) is 0.767. The maximum Gasteiger partial charge on any atom is 0.242 e. The zero-order chi connectivity index (χ0) is 15.9. The third-order valence-corrected chi connectivity index (χ3v) is 4.32. The number of hydrogen-bond donors (Lipinski definition) is 1. The molecular weight excluding hydrogens is 296 g/mol. The van der Waals surface area contributed by atoms with Crippen LogP contribution in [-0.2, 0) is 11.3 Å². The van der Waals surface area contributed by atoms with Gasteiger partial charge in [-0.05, 0) is 24.8 Å². The fourth-order valence-corrected chi connectivity index (χ4v) is 2.48. The van der Waals surface area contributed by atoms with Gasteiger partial charge >= 0.3 is 0 Å². The number of carbonyl (C=O) groups is 1. The van der Waals surface area contributed by atoms with Gasteiger partial charge in [0, 0.05) is 39.8 Å². The maximum atomic E-state index is 12.3. The first-order chi connectivity index (χ1) is 10.6. The number of benzene rings is 1. The number of likely N-dealkylation sites (N-methyl/N-ethyl adjacent to an activating group) is 2. The number of amides is 1. The molecule has 0 aromatic heterocycles. The second-order valence-electron chi connectivity index (χ2n) is 5.68. The molecule has 120 valence electrons. The molecule has 5 nitrogen and oxygen atoms in total. The minimum Gasteiger partial charge on any atom is -0.358 e. The van der Waals surface area contributed by atoms with Crippen molar-refractivity contribution < 1.29 is 4.79 Å². The number of hydrogen-bond acceptors (Lipinski definition) is 3. The van der Waals surface area contributed by atoms with Crippen molar-refractivity contribution in [3.8, 4) is 0 Å². The highest BCUT2D eigenvalue weighted by molar-refractivity contribution is 7.80. The SMILES string of the molecule is CN1CCN(C(=O)CN(C)C(=S)NCc2ccccc2)CC1. The van der Waals surface area contributed by atoms with Crippen molar-refractivity contribution in [3.05, 3.63) is 35.9 Å². The van der Waals surface area contributed by atoms with Crippen molar-refractivity contribution in [1.29, 1.82) is 0 Å². The zero-order valence-electron chi connectivity index (χ0n) is 13.3. The van der Waals surface area contributed by atoms with Crippen molar-refractivity contribution in [2.75, 3.05) is 46.8 Å². The van der Waals surface area contributed by atoms with Gasteiger partial charge in [-0.25, -0.2) is 0 Å². The van der Waals surface area contributed by atoms with Crippen LogP contribution >= 0.6 is 12.2 Å². The third-order valence-electron chi connectivity index (χ3n) is 3.86. The van der Waals surface area contributed by atoms with Crippen LogP contribution in [0.15, 0.2) is 30.3 Å². The average molecular weight is 320 g/mol. The fourth-order valence-electron chi connectivity index (χ4n) is 2.34. The van der Waals surface area contributed by atoms with Gasteiger partial charge in [0.05, 0.1) is 6.54 Å². The number of rotatable bonds is 4. The molecule has 1 amide bonds. The number of piperazine rings is 1. The highest BCUT2D eigenvalue weighted by atomic mass is 32.1. The lowest BCUT2D eigenvalue weighted by Crippen LogP contribution is -2.51. The molecule has 22 heavy (non-hydrogen) atoms. The van der Waals surface area contributed by atoms with E-state index in [0.29, 0.717) is 18.2 Å². The smallest absolute Gasteiger partial charge is 0.242 e. The second kappa shape index (κ2) is 8.10. The lowest BCUT2D eigenvalue weighted by atomic mass is 10.2. The molecule has 0 radical (unpaired) electrons. The van der Waals surface area contributed by atoms with Gasteiger partial charge < -0.3 is 20.0 Å². The van der Waals surface area contributed by atoms with Gasteiger partial charge in [0.15, 0.2) is 5.11 Å². The zero-order valence-corrected chi connectivity index (χ0v) is 14.1. The van der Waals surface area contributed by atoms with E-state index in [2.05, 4.69) is 17.3 Å². The van der Waals surface area contributed by atoms with Crippen molar-refractivity contribution in [2.45, 2.75) is 6.54 Å². The lowest BCUT2D eigenvalue weighted by molar-refractivity contribution is -0.132. The Bertz CT molecular complexity index is 500. The summed E-state index contributed by atoms with van der Waals surface area (Å²) in [7, 11) is 3.94. The van der Waals surface area contributed by atoms with Crippen molar-refractivity contribution in [3.63, 3.8) is 0 Å². The largest absolute Gasteiger partial charge is 0.358 e. The van der Waals surface area contributed by atoms with Crippen molar-refractivity contribution in [1.82, 2.24) is 20.0 Å². The molecule has 1 fully saturated rings. The van der Waals surface area contributed by atoms with Gasteiger partial charge in [0.2, 0.25) is 5.91 Å². The summed E-state index contributed by atoms with van der Waals surface area (Å²) in [6, 6.07) is 10.1. The van der Waals surface area contributed by atoms with Crippen LogP contribution in [0.2, 0.25) is 0 Å². The Morgan fingerprint density at radius 2 is 1.86 bits per heavy atom. The van der Waals surface area contributed by atoms with Gasteiger partial charge in [0.1, 0.15) is 0 Å². The number of nitrogens with one attached hydrogen (secondary N) is 1. The Balaban J connectivity index is 1.75.